The molecule has 1 aliphatic heterocycles. The van der Waals surface area contributed by atoms with Gasteiger partial charge in [-0.1, -0.05) is 6.07 Å². The zero-order valence-electron chi connectivity index (χ0n) is 15.5. The van der Waals surface area contributed by atoms with Crippen LogP contribution in [0.25, 0.3) is 0 Å². The van der Waals surface area contributed by atoms with Crippen LogP contribution in [0.5, 0.6) is 11.6 Å². The highest BCUT2D eigenvalue weighted by Crippen LogP contribution is 2.34. The average molecular weight is 373 g/mol. The Kier molecular flexibility index (Phi) is 6.15. The minimum Gasteiger partial charge on any atom is -0.434 e. The van der Waals surface area contributed by atoms with E-state index < -0.39 is 4.92 Å². The molecule has 1 aromatic carbocycles. The van der Waals surface area contributed by atoms with Crippen molar-refractivity contribution in [3.8, 4) is 11.6 Å². The molecular weight excluding hydrogens is 350 g/mol. The van der Waals surface area contributed by atoms with Crippen LogP contribution >= 0.6 is 0 Å². The second-order valence-corrected chi connectivity index (χ2v) is 6.44. The number of nitrogens with one attached hydrogen (secondary N) is 1. The average Bonchev–Trinajstić information content (AvgIpc) is 2.61. The van der Waals surface area contributed by atoms with Gasteiger partial charge in [-0.15, -0.1) is 0 Å². The van der Waals surface area contributed by atoms with Crippen LogP contribution in [0.1, 0.15) is 11.1 Å². The smallest absolute Gasteiger partial charge is 0.373 e. The lowest BCUT2D eigenvalue weighted by Crippen LogP contribution is -2.39. The molecule has 0 radical (unpaired) electrons. The van der Waals surface area contributed by atoms with Gasteiger partial charge in [0.05, 0.1) is 18.1 Å². The number of hydrogen-bond acceptors (Lipinski definition) is 8. The molecule has 144 valence electrons. The quantitative estimate of drug-likeness (QED) is 0.583. The molecule has 1 aromatic heterocycles. The van der Waals surface area contributed by atoms with E-state index in [0.29, 0.717) is 25.5 Å². The van der Waals surface area contributed by atoms with E-state index in [1.807, 2.05) is 32.0 Å². The third kappa shape index (κ3) is 5.11. The van der Waals surface area contributed by atoms with E-state index in [0.717, 1.165) is 30.8 Å². The monoisotopic (exact) mass is 373 g/mol. The number of hydrogen-bond donors (Lipinski definition) is 1. The van der Waals surface area contributed by atoms with Gasteiger partial charge in [0.25, 0.3) is 0 Å². The minimum atomic E-state index is -0.519. The van der Waals surface area contributed by atoms with Gasteiger partial charge < -0.3 is 14.8 Å². The Morgan fingerprint density at radius 3 is 2.59 bits per heavy atom. The summed E-state index contributed by atoms with van der Waals surface area (Å²) in [6.07, 6.45) is 1.27. The lowest BCUT2D eigenvalue weighted by atomic mass is 10.1. The molecule has 9 heteroatoms. The molecule has 2 aromatic rings. The Morgan fingerprint density at radius 2 is 1.93 bits per heavy atom. The van der Waals surface area contributed by atoms with Crippen molar-refractivity contribution < 1.29 is 14.4 Å². The molecule has 27 heavy (non-hydrogen) atoms. The van der Waals surface area contributed by atoms with Gasteiger partial charge in [-0.05, 0) is 37.1 Å². The molecule has 1 fully saturated rings. The molecule has 1 saturated heterocycles. The summed E-state index contributed by atoms with van der Waals surface area (Å²) in [4.78, 5) is 21.3. The first-order valence-corrected chi connectivity index (χ1v) is 8.82. The molecule has 0 aliphatic carbocycles. The lowest BCUT2D eigenvalue weighted by Gasteiger charge is -2.26. The molecule has 0 bridgehead atoms. The second-order valence-electron chi connectivity index (χ2n) is 6.44. The molecule has 0 saturated carbocycles. The van der Waals surface area contributed by atoms with Crippen LogP contribution in [-0.4, -0.2) is 59.2 Å². The Morgan fingerprint density at radius 1 is 1.22 bits per heavy atom. The van der Waals surface area contributed by atoms with Gasteiger partial charge in [0.15, 0.2) is 0 Å². The fourth-order valence-electron chi connectivity index (χ4n) is 2.99. The SMILES string of the molecule is Cc1cc(C)cc(Oc2ncnc(NCCN3CCOCC3)c2[N+](=O)[O-])c1. The van der Waals surface area contributed by atoms with Crippen LogP contribution in [0.15, 0.2) is 24.5 Å². The summed E-state index contributed by atoms with van der Waals surface area (Å²) >= 11 is 0. The summed E-state index contributed by atoms with van der Waals surface area (Å²) in [6.45, 7) is 8.28. The summed E-state index contributed by atoms with van der Waals surface area (Å²) in [5.74, 6) is 0.588. The second kappa shape index (κ2) is 8.74. The van der Waals surface area contributed by atoms with Crippen molar-refractivity contribution in [1.82, 2.24) is 14.9 Å². The molecule has 0 amide bonds. The van der Waals surface area contributed by atoms with E-state index in [1.54, 1.807) is 0 Å². The number of rotatable bonds is 7. The van der Waals surface area contributed by atoms with Crippen molar-refractivity contribution >= 4 is 11.5 Å². The Labute approximate surface area is 157 Å². The highest BCUT2D eigenvalue weighted by molar-refractivity contribution is 5.61. The highest BCUT2D eigenvalue weighted by Gasteiger charge is 2.25. The van der Waals surface area contributed by atoms with E-state index in [-0.39, 0.29) is 17.4 Å². The third-order valence-electron chi connectivity index (χ3n) is 4.21. The van der Waals surface area contributed by atoms with Gasteiger partial charge in [0.2, 0.25) is 5.82 Å². The molecule has 9 nitrogen and oxygen atoms in total. The first kappa shape index (κ1) is 19.0. The molecule has 2 heterocycles. The summed E-state index contributed by atoms with van der Waals surface area (Å²) in [7, 11) is 0. The van der Waals surface area contributed by atoms with Crippen molar-refractivity contribution in [3.05, 3.63) is 45.8 Å². The maximum absolute atomic E-state index is 11.6. The van der Waals surface area contributed by atoms with Crippen molar-refractivity contribution in [2.24, 2.45) is 0 Å². The van der Waals surface area contributed by atoms with E-state index in [9.17, 15) is 10.1 Å². The number of nitro groups is 1. The number of ether oxygens (including phenoxy) is 2. The summed E-state index contributed by atoms with van der Waals surface area (Å²) < 4.78 is 11.0. The number of nitrogens with zero attached hydrogens (tertiary/aromatic N) is 4. The van der Waals surface area contributed by atoms with Crippen molar-refractivity contribution in [3.63, 3.8) is 0 Å². The fraction of sp³-hybridized carbons (Fsp3) is 0.444. The van der Waals surface area contributed by atoms with Gasteiger partial charge in [0.1, 0.15) is 12.1 Å². The first-order chi connectivity index (χ1) is 13.0. The Balaban J connectivity index is 1.74. The number of aromatic nitrogens is 2. The Bertz CT molecular complexity index is 788. The number of morpholine rings is 1. The summed E-state index contributed by atoms with van der Waals surface area (Å²) in [6, 6.07) is 5.62. The summed E-state index contributed by atoms with van der Waals surface area (Å²) in [5, 5.41) is 14.6. The normalized spacial score (nSPS) is 14.7. The zero-order chi connectivity index (χ0) is 19.2. The van der Waals surface area contributed by atoms with Gasteiger partial charge in [-0.3, -0.25) is 15.0 Å². The van der Waals surface area contributed by atoms with Crippen LogP contribution in [0.4, 0.5) is 11.5 Å². The van der Waals surface area contributed by atoms with Gasteiger partial charge in [-0.2, -0.15) is 4.98 Å². The van der Waals surface area contributed by atoms with E-state index in [1.165, 1.54) is 6.33 Å². The van der Waals surface area contributed by atoms with Gasteiger partial charge >= 0.3 is 11.6 Å². The predicted octanol–water partition coefficient (Wildman–Crippen LogP) is 2.54. The molecule has 0 spiro atoms. The third-order valence-corrected chi connectivity index (χ3v) is 4.21. The molecule has 3 rings (SSSR count). The standard InChI is InChI=1S/C18H23N5O4/c1-13-9-14(2)11-15(10-13)27-18-16(23(24)25)17(20-12-21-18)19-3-4-22-5-7-26-8-6-22/h9-12H,3-8H2,1-2H3,(H,19,20,21). The number of benzene rings is 1. The zero-order valence-corrected chi connectivity index (χ0v) is 15.5. The van der Waals surface area contributed by atoms with Crippen molar-refractivity contribution in [2.75, 3.05) is 44.7 Å². The van der Waals surface area contributed by atoms with Crippen molar-refractivity contribution in [1.29, 1.82) is 0 Å². The largest absolute Gasteiger partial charge is 0.434 e. The maximum Gasteiger partial charge on any atom is 0.373 e. The van der Waals surface area contributed by atoms with Crippen LogP contribution < -0.4 is 10.1 Å². The summed E-state index contributed by atoms with van der Waals surface area (Å²) in [5.41, 5.74) is 1.75. The van der Waals surface area contributed by atoms with Crippen LogP contribution in [-0.2, 0) is 4.74 Å². The fourth-order valence-corrected chi connectivity index (χ4v) is 2.99. The predicted molar refractivity (Wildman–Crippen MR) is 100 cm³/mol. The maximum atomic E-state index is 11.6. The number of anilines is 1. The van der Waals surface area contributed by atoms with Gasteiger partial charge in [-0.25, -0.2) is 4.98 Å². The molecule has 1 N–H and O–H groups in total. The van der Waals surface area contributed by atoms with Crippen LogP contribution in [0, 0.1) is 24.0 Å². The minimum absolute atomic E-state index is 0.0751. The first-order valence-electron chi connectivity index (χ1n) is 8.82. The topological polar surface area (TPSA) is 103 Å². The number of aryl methyl sites for hydroxylation is 2. The van der Waals surface area contributed by atoms with Gasteiger partial charge in [0, 0.05) is 26.2 Å². The Hall–Kier alpha value is -2.78. The molecule has 0 atom stereocenters. The lowest BCUT2D eigenvalue weighted by molar-refractivity contribution is -0.385. The molecular formula is C18H23N5O4. The molecule has 0 unspecified atom stereocenters. The van der Waals surface area contributed by atoms with E-state index in [4.69, 9.17) is 9.47 Å². The highest BCUT2D eigenvalue weighted by atomic mass is 16.6. The van der Waals surface area contributed by atoms with Crippen molar-refractivity contribution in [2.45, 2.75) is 13.8 Å². The molecule has 1 aliphatic rings. The van der Waals surface area contributed by atoms with Crippen LogP contribution in [0.2, 0.25) is 0 Å². The van der Waals surface area contributed by atoms with E-state index >= 15 is 0 Å². The van der Waals surface area contributed by atoms with Crippen LogP contribution in [0.3, 0.4) is 0 Å². The van der Waals surface area contributed by atoms with E-state index in [2.05, 4.69) is 20.2 Å².